The third kappa shape index (κ3) is 3.90. The lowest BCUT2D eigenvalue weighted by molar-refractivity contribution is -0.133. The molecule has 1 aromatic carbocycles. The molecule has 0 saturated heterocycles. The van der Waals surface area contributed by atoms with Gasteiger partial charge in [-0.2, -0.15) is 0 Å². The van der Waals surface area contributed by atoms with Gasteiger partial charge in [-0.05, 0) is 50.8 Å². The first-order valence-electron chi connectivity index (χ1n) is 7.59. The van der Waals surface area contributed by atoms with Crippen molar-refractivity contribution in [3.8, 4) is 11.5 Å². The van der Waals surface area contributed by atoms with Gasteiger partial charge in [0.25, 0.3) is 0 Å². The molecular weight excluding hydrogens is 266 g/mol. The average Bonchev–Trinajstić information content (AvgIpc) is 3.29. The number of rotatable bonds is 7. The van der Waals surface area contributed by atoms with Crippen molar-refractivity contribution >= 4 is 5.91 Å². The van der Waals surface area contributed by atoms with Crippen molar-refractivity contribution in [3.05, 3.63) is 23.8 Å². The maximum absolute atomic E-state index is 12.4. The quantitative estimate of drug-likeness (QED) is 0.775. The van der Waals surface area contributed by atoms with Crippen LogP contribution in [0.4, 0.5) is 0 Å². The van der Waals surface area contributed by atoms with Gasteiger partial charge in [-0.3, -0.25) is 4.79 Å². The lowest BCUT2D eigenvalue weighted by Crippen LogP contribution is -2.38. The molecule has 116 valence electrons. The number of carbonyl (C=O) groups excluding carboxylic acids is 1. The molecule has 0 radical (unpaired) electrons. The molecule has 0 atom stereocenters. The highest BCUT2D eigenvalue weighted by molar-refractivity contribution is 5.77. The molecule has 0 aromatic heterocycles. The fraction of sp³-hybridized carbons (Fsp3) is 0.588. The molecule has 1 aromatic rings. The molecule has 0 heterocycles. The van der Waals surface area contributed by atoms with Crippen LogP contribution >= 0.6 is 0 Å². The zero-order valence-corrected chi connectivity index (χ0v) is 13.4. The topological polar surface area (TPSA) is 38.8 Å². The van der Waals surface area contributed by atoms with Crippen molar-refractivity contribution in [2.45, 2.75) is 51.6 Å². The fourth-order valence-electron chi connectivity index (χ4n) is 2.68. The van der Waals surface area contributed by atoms with Gasteiger partial charge in [-0.1, -0.05) is 6.07 Å². The van der Waals surface area contributed by atoms with Gasteiger partial charge in [0.2, 0.25) is 5.91 Å². The van der Waals surface area contributed by atoms with E-state index in [1.807, 2.05) is 23.1 Å². The molecular formula is C17H25NO3. The van der Waals surface area contributed by atoms with Crippen LogP contribution in [0.3, 0.4) is 0 Å². The number of benzene rings is 1. The third-order valence-electron chi connectivity index (χ3n) is 3.86. The maximum atomic E-state index is 12.4. The molecule has 0 unspecified atom stereocenters. The van der Waals surface area contributed by atoms with Gasteiger partial charge in [0.05, 0.1) is 14.2 Å². The van der Waals surface area contributed by atoms with Gasteiger partial charge in [0.15, 0.2) is 11.5 Å². The molecule has 0 spiro atoms. The van der Waals surface area contributed by atoms with Crippen LogP contribution in [-0.4, -0.2) is 37.1 Å². The van der Waals surface area contributed by atoms with Crippen LogP contribution in [0, 0.1) is 0 Å². The van der Waals surface area contributed by atoms with Crippen LogP contribution in [0.2, 0.25) is 0 Å². The molecule has 1 aliphatic carbocycles. The van der Waals surface area contributed by atoms with E-state index in [4.69, 9.17) is 9.47 Å². The molecule has 4 heteroatoms. The van der Waals surface area contributed by atoms with Crippen molar-refractivity contribution in [2.24, 2.45) is 0 Å². The van der Waals surface area contributed by atoms with E-state index >= 15 is 0 Å². The highest BCUT2D eigenvalue weighted by Crippen LogP contribution is 2.30. The lowest BCUT2D eigenvalue weighted by Gasteiger charge is -2.26. The number of hydrogen-bond donors (Lipinski definition) is 0. The second-order valence-corrected chi connectivity index (χ2v) is 5.82. The van der Waals surface area contributed by atoms with E-state index in [0.29, 0.717) is 18.2 Å². The SMILES string of the molecule is COc1ccc(CCC(=O)N(C(C)C)C2CC2)cc1OC. The molecule has 4 nitrogen and oxygen atoms in total. The molecule has 1 aliphatic rings. The normalized spacial score (nSPS) is 14.1. The summed E-state index contributed by atoms with van der Waals surface area (Å²) >= 11 is 0. The van der Waals surface area contributed by atoms with Crippen molar-refractivity contribution in [1.82, 2.24) is 4.90 Å². The summed E-state index contributed by atoms with van der Waals surface area (Å²) in [7, 11) is 3.25. The first kappa shape index (κ1) is 15.7. The largest absolute Gasteiger partial charge is 0.493 e. The first-order valence-corrected chi connectivity index (χ1v) is 7.59. The number of aryl methyl sites for hydroxylation is 1. The van der Waals surface area contributed by atoms with Gasteiger partial charge >= 0.3 is 0 Å². The molecule has 2 rings (SSSR count). The minimum absolute atomic E-state index is 0.252. The Kier molecular flexibility index (Phi) is 5.10. The Morgan fingerprint density at radius 3 is 2.43 bits per heavy atom. The van der Waals surface area contributed by atoms with E-state index in [1.165, 1.54) is 0 Å². The Morgan fingerprint density at radius 2 is 1.90 bits per heavy atom. The number of ether oxygens (including phenoxy) is 2. The van der Waals surface area contributed by atoms with Crippen LogP contribution in [0.5, 0.6) is 11.5 Å². The van der Waals surface area contributed by atoms with Gasteiger partial charge in [0.1, 0.15) is 0 Å². The smallest absolute Gasteiger partial charge is 0.223 e. The summed E-state index contributed by atoms with van der Waals surface area (Å²) in [5, 5.41) is 0. The molecule has 0 bridgehead atoms. The maximum Gasteiger partial charge on any atom is 0.223 e. The van der Waals surface area contributed by atoms with E-state index in [2.05, 4.69) is 13.8 Å². The third-order valence-corrected chi connectivity index (χ3v) is 3.86. The highest BCUT2D eigenvalue weighted by atomic mass is 16.5. The van der Waals surface area contributed by atoms with Crippen LogP contribution in [-0.2, 0) is 11.2 Å². The minimum Gasteiger partial charge on any atom is -0.493 e. The monoisotopic (exact) mass is 291 g/mol. The minimum atomic E-state index is 0.252. The van der Waals surface area contributed by atoms with Crippen LogP contribution in [0.25, 0.3) is 0 Å². The van der Waals surface area contributed by atoms with E-state index < -0.39 is 0 Å². The summed E-state index contributed by atoms with van der Waals surface area (Å²) in [4.78, 5) is 14.4. The number of nitrogens with zero attached hydrogens (tertiary/aromatic N) is 1. The number of methoxy groups -OCH3 is 2. The predicted octanol–water partition coefficient (Wildman–Crippen LogP) is 3.04. The number of carbonyl (C=O) groups is 1. The first-order chi connectivity index (χ1) is 10.1. The standard InChI is InChI=1S/C17H25NO3/c1-12(2)18(14-7-8-14)17(19)10-6-13-5-9-15(20-3)16(11-13)21-4/h5,9,11-12,14H,6-8,10H2,1-4H3. The lowest BCUT2D eigenvalue weighted by atomic mass is 10.1. The molecule has 1 saturated carbocycles. The van der Waals surface area contributed by atoms with E-state index in [0.717, 1.165) is 30.6 Å². The summed E-state index contributed by atoms with van der Waals surface area (Å²) in [6.07, 6.45) is 3.58. The van der Waals surface area contributed by atoms with Crippen LogP contribution in [0.1, 0.15) is 38.7 Å². The van der Waals surface area contributed by atoms with E-state index in [-0.39, 0.29) is 11.9 Å². The molecule has 1 fully saturated rings. The molecule has 0 N–H and O–H groups in total. The van der Waals surface area contributed by atoms with Gasteiger partial charge in [-0.15, -0.1) is 0 Å². The summed E-state index contributed by atoms with van der Waals surface area (Å²) in [6, 6.07) is 6.59. The van der Waals surface area contributed by atoms with Crippen molar-refractivity contribution in [2.75, 3.05) is 14.2 Å². The van der Waals surface area contributed by atoms with Crippen molar-refractivity contribution in [3.63, 3.8) is 0 Å². The van der Waals surface area contributed by atoms with Gasteiger partial charge in [-0.25, -0.2) is 0 Å². The van der Waals surface area contributed by atoms with E-state index in [9.17, 15) is 4.79 Å². The number of hydrogen-bond acceptors (Lipinski definition) is 3. The van der Waals surface area contributed by atoms with Crippen molar-refractivity contribution in [1.29, 1.82) is 0 Å². The zero-order chi connectivity index (χ0) is 15.4. The zero-order valence-electron chi connectivity index (χ0n) is 13.4. The Bertz CT molecular complexity index is 493. The van der Waals surface area contributed by atoms with E-state index in [1.54, 1.807) is 14.2 Å². The van der Waals surface area contributed by atoms with Crippen LogP contribution in [0.15, 0.2) is 18.2 Å². The van der Waals surface area contributed by atoms with Gasteiger partial charge in [0, 0.05) is 18.5 Å². The Morgan fingerprint density at radius 1 is 1.24 bits per heavy atom. The Labute approximate surface area is 127 Å². The Balaban J connectivity index is 1.97. The molecule has 0 aliphatic heterocycles. The molecule has 1 amide bonds. The van der Waals surface area contributed by atoms with Crippen molar-refractivity contribution < 1.29 is 14.3 Å². The highest BCUT2D eigenvalue weighted by Gasteiger charge is 2.33. The fourth-order valence-corrected chi connectivity index (χ4v) is 2.68. The predicted molar refractivity (Wildman–Crippen MR) is 82.9 cm³/mol. The molecule has 21 heavy (non-hydrogen) atoms. The summed E-state index contributed by atoms with van der Waals surface area (Å²) in [5.41, 5.74) is 1.10. The summed E-state index contributed by atoms with van der Waals surface area (Å²) in [6.45, 7) is 4.18. The van der Waals surface area contributed by atoms with Gasteiger partial charge < -0.3 is 14.4 Å². The second kappa shape index (κ2) is 6.83. The van der Waals surface area contributed by atoms with Crippen LogP contribution < -0.4 is 9.47 Å². The average molecular weight is 291 g/mol. The number of amides is 1. The summed E-state index contributed by atoms with van der Waals surface area (Å²) in [5.74, 6) is 1.68. The summed E-state index contributed by atoms with van der Waals surface area (Å²) < 4.78 is 10.5. The second-order valence-electron chi connectivity index (χ2n) is 5.82. The Hall–Kier alpha value is -1.71.